The average molecular weight is 269 g/mol. The SMILES string of the molecule is CC1=CC(C)(C(Cl)(Cl)Cl)C(C)=C/C1=N/O. The van der Waals surface area contributed by atoms with E-state index in [1.807, 2.05) is 26.8 Å². The highest BCUT2D eigenvalue weighted by atomic mass is 35.6. The fraction of sp³-hybridized carbons (Fsp3) is 0.500. The predicted octanol–water partition coefficient (Wildman–Crippen LogP) is 4.10. The maximum Gasteiger partial charge on any atom is 0.202 e. The monoisotopic (exact) mass is 267 g/mol. The van der Waals surface area contributed by atoms with Crippen molar-refractivity contribution < 1.29 is 5.21 Å². The lowest BCUT2D eigenvalue weighted by molar-refractivity contribution is 0.319. The van der Waals surface area contributed by atoms with Crippen molar-refractivity contribution in [3.05, 3.63) is 23.3 Å². The molecule has 5 heteroatoms. The molecule has 1 N–H and O–H groups in total. The minimum Gasteiger partial charge on any atom is -0.410 e. The van der Waals surface area contributed by atoms with Gasteiger partial charge in [-0.2, -0.15) is 0 Å². The Kier molecular flexibility index (Phi) is 3.44. The first-order chi connectivity index (χ1) is 6.72. The smallest absolute Gasteiger partial charge is 0.202 e. The van der Waals surface area contributed by atoms with Crippen LogP contribution >= 0.6 is 34.8 Å². The van der Waals surface area contributed by atoms with Crippen LogP contribution in [-0.2, 0) is 0 Å². The van der Waals surface area contributed by atoms with Gasteiger partial charge in [-0.3, -0.25) is 0 Å². The van der Waals surface area contributed by atoms with E-state index in [1.54, 1.807) is 6.08 Å². The fourth-order valence-electron chi connectivity index (χ4n) is 1.50. The molecule has 0 aliphatic heterocycles. The Labute approximate surface area is 104 Å². The highest BCUT2D eigenvalue weighted by Gasteiger charge is 2.45. The Bertz CT molecular complexity index is 365. The molecule has 1 unspecified atom stereocenters. The van der Waals surface area contributed by atoms with Gasteiger partial charge in [0, 0.05) is 0 Å². The van der Waals surface area contributed by atoms with E-state index in [0.717, 1.165) is 11.1 Å². The van der Waals surface area contributed by atoms with Crippen LogP contribution in [0.15, 0.2) is 28.5 Å². The van der Waals surface area contributed by atoms with Crippen LogP contribution < -0.4 is 0 Å². The highest BCUT2D eigenvalue weighted by molar-refractivity contribution is 6.68. The highest BCUT2D eigenvalue weighted by Crippen LogP contribution is 2.51. The summed E-state index contributed by atoms with van der Waals surface area (Å²) in [5.41, 5.74) is 1.47. The molecule has 0 saturated carbocycles. The fourth-order valence-corrected chi connectivity index (χ4v) is 2.11. The molecule has 0 amide bonds. The van der Waals surface area contributed by atoms with Gasteiger partial charge >= 0.3 is 0 Å². The largest absolute Gasteiger partial charge is 0.410 e. The van der Waals surface area contributed by atoms with Gasteiger partial charge in [-0.15, -0.1) is 0 Å². The van der Waals surface area contributed by atoms with Crippen LogP contribution in [0.5, 0.6) is 0 Å². The van der Waals surface area contributed by atoms with Crippen LogP contribution in [0.3, 0.4) is 0 Å². The van der Waals surface area contributed by atoms with E-state index in [9.17, 15) is 0 Å². The number of oxime groups is 1. The number of alkyl halides is 3. The molecule has 0 aromatic heterocycles. The van der Waals surface area contributed by atoms with Gasteiger partial charge in [0.1, 0.15) is 5.71 Å². The quantitative estimate of drug-likeness (QED) is 0.400. The molecule has 15 heavy (non-hydrogen) atoms. The predicted molar refractivity (Wildman–Crippen MR) is 65.1 cm³/mol. The van der Waals surface area contributed by atoms with Crippen molar-refractivity contribution in [1.82, 2.24) is 0 Å². The lowest BCUT2D eigenvalue weighted by Gasteiger charge is -2.37. The summed E-state index contributed by atoms with van der Waals surface area (Å²) in [7, 11) is 0. The molecule has 1 aliphatic rings. The molecule has 0 spiro atoms. The van der Waals surface area contributed by atoms with Crippen LogP contribution in [0, 0.1) is 5.41 Å². The van der Waals surface area contributed by atoms with E-state index < -0.39 is 9.21 Å². The van der Waals surface area contributed by atoms with Crippen molar-refractivity contribution in [3.63, 3.8) is 0 Å². The first-order valence-corrected chi connectivity index (χ1v) is 5.53. The Morgan fingerprint density at radius 1 is 1.33 bits per heavy atom. The lowest BCUT2D eigenvalue weighted by atomic mass is 9.78. The third kappa shape index (κ3) is 2.17. The normalized spacial score (nSPS) is 30.1. The van der Waals surface area contributed by atoms with Gasteiger partial charge in [0.2, 0.25) is 3.79 Å². The number of nitrogens with zero attached hydrogens (tertiary/aromatic N) is 1. The number of hydrogen-bond acceptors (Lipinski definition) is 2. The second-order valence-electron chi connectivity index (χ2n) is 3.84. The van der Waals surface area contributed by atoms with E-state index in [4.69, 9.17) is 40.0 Å². The van der Waals surface area contributed by atoms with Crippen LogP contribution in [-0.4, -0.2) is 14.7 Å². The molecule has 0 bridgehead atoms. The van der Waals surface area contributed by atoms with Crippen molar-refractivity contribution in [2.45, 2.75) is 24.6 Å². The zero-order chi connectivity index (χ0) is 11.9. The van der Waals surface area contributed by atoms with Gasteiger partial charge in [0.15, 0.2) is 0 Å². The van der Waals surface area contributed by atoms with E-state index in [0.29, 0.717) is 5.71 Å². The summed E-state index contributed by atoms with van der Waals surface area (Å²) in [6.07, 6.45) is 3.53. The second-order valence-corrected chi connectivity index (χ2v) is 6.12. The molecule has 0 radical (unpaired) electrons. The van der Waals surface area contributed by atoms with Gasteiger partial charge < -0.3 is 5.21 Å². The van der Waals surface area contributed by atoms with Crippen LogP contribution in [0.1, 0.15) is 20.8 Å². The topological polar surface area (TPSA) is 32.6 Å². The number of halogens is 3. The summed E-state index contributed by atoms with van der Waals surface area (Å²) in [5, 5.41) is 11.9. The molecular weight excluding hydrogens is 256 g/mol. The Morgan fingerprint density at radius 2 is 1.87 bits per heavy atom. The number of allylic oxidation sites excluding steroid dienone is 4. The molecule has 0 saturated heterocycles. The number of hydrogen-bond donors (Lipinski definition) is 1. The standard InChI is InChI=1S/C10H12Cl3NO/c1-6-5-9(3,10(11,12)13)7(2)4-8(6)14-15/h4-5,15H,1-3H3/b14-8-. The summed E-state index contributed by atoms with van der Waals surface area (Å²) in [6, 6.07) is 0. The van der Waals surface area contributed by atoms with Gasteiger partial charge in [0.05, 0.1) is 5.41 Å². The van der Waals surface area contributed by atoms with Crippen molar-refractivity contribution in [2.75, 3.05) is 0 Å². The average Bonchev–Trinajstić information content (AvgIpc) is 2.09. The summed E-state index contributed by atoms with van der Waals surface area (Å²) >= 11 is 17.8. The van der Waals surface area contributed by atoms with Gasteiger partial charge in [-0.05, 0) is 32.4 Å². The van der Waals surface area contributed by atoms with E-state index >= 15 is 0 Å². The van der Waals surface area contributed by atoms with Crippen molar-refractivity contribution in [3.8, 4) is 0 Å². The maximum absolute atomic E-state index is 8.76. The molecule has 0 heterocycles. The van der Waals surface area contributed by atoms with Crippen molar-refractivity contribution >= 4 is 40.5 Å². The molecule has 0 fully saturated rings. The first-order valence-electron chi connectivity index (χ1n) is 4.40. The van der Waals surface area contributed by atoms with Gasteiger partial charge in [-0.1, -0.05) is 51.6 Å². The Hall–Kier alpha value is -0.180. The molecule has 0 aromatic carbocycles. The molecule has 0 aromatic rings. The number of rotatable bonds is 0. The van der Waals surface area contributed by atoms with Crippen LogP contribution in [0.25, 0.3) is 0 Å². The Balaban J connectivity index is 3.28. The summed E-state index contributed by atoms with van der Waals surface area (Å²) < 4.78 is -1.42. The minimum atomic E-state index is -1.42. The molecular formula is C10H12Cl3NO. The zero-order valence-corrected chi connectivity index (χ0v) is 11.0. The minimum absolute atomic E-state index is 0.499. The zero-order valence-electron chi connectivity index (χ0n) is 8.68. The van der Waals surface area contributed by atoms with E-state index in [1.165, 1.54) is 0 Å². The summed E-state index contributed by atoms with van der Waals surface area (Å²) in [5.74, 6) is 0. The maximum atomic E-state index is 8.76. The molecule has 1 aliphatic carbocycles. The van der Waals surface area contributed by atoms with Gasteiger partial charge in [0.25, 0.3) is 0 Å². The summed E-state index contributed by atoms with van der Waals surface area (Å²) in [4.78, 5) is 0. The van der Waals surface area contributed by atoms with Crippen molar-refractivity contribution in [2.24, 2.45) is 10.6 Å². The molecule has 84 valence electrons. The summed E-state index contributed by atoms with van der Waals surface area (Å²) in [6.45, 7) is 5.49. The van der Waals surface area contributed by atoms with E-state index in [2.05, 4.69) is 5.16 Å². The third-order valence-electron chi connectivity index (χ3n) is 2.78. The van der Waals surface area contributed by atoms with Crippen LogP contribution in [0.4, 0.5) is 0 Å². The second kappa shape index (κ2) is 4.00. The molecule has 1 rings (SSSR count). The first kappa shape index (κ1) is 12.9. The van der Waals surface area contributed by atoms with Gasteiger partial charge in [-0.25, -0.2) is 0 Å². The van der Waals surface area contributed by atoms with Crippen LogP contribution in [0.2, 0.25) is 0 Å². The Morgan fingerprint density at radius 3 is 2.27 bits per heavy atom. The lowest BCUT2D eigenvalue weighted by Crippen LogP contribution is -2.34. The molecule has 1 atom stereocenters. The van der Waals surface area contributed by atoms with E-state index in [-0.39, 0.29) is 0 Å². The third-order valence-corrected chi connectivity index (χ3v) is 3.96. The molecule has 2 nitrogen and oxygen atoms in total. The van der Waals surface area contributed by atoms with Crippen molar-refractivity contribution in [1.29, 1.82) is 0 Å².